The Balaban J connectivity index is 0.000000240. The Labute approximate surface area is 318 Å². The molecule has 3 N–H and O–H groups in total. The number of rotatable bonds is 0. The van der Waals surface area contributed by atoms with Gasteiger partial charge < -0.3 is 15.0 Å². The average molecular weight is 869 g/mol. The second-order valence-electron chi connectivity index (χ2n) is 10.1. The van der Waals surface area contributed by atoms with Crippen LogP contribution in [0.15, 0.2) is 127 Å². The van der Waals surface area contributed by atoms with Crippen LogP contribution in [0.5, 0.6) is 0 Å². The van der Waals surface area contributed by atoms with E-state index in [0.717, 1.165) is 19.1 Å². The zero-order valence-corrected chi connectivity index (χ0v) is 30.8. The Hall–Kier alpha value is -3.86. The Bertz CT molecular complexity index is 2300. The quantitative estimate of drug-likeness (QED) is 0.0667. The zero-order chi connectivity index (χ0) is 34.0. The SMILES string of the molecule is Brc1ccc2[nH]c3c(c2c1)C=C[C+]=C3.Brc1ccc2[nH]c3ccc(Br)cc3c2c1.C.F.[2HH].[2H]CF.[B]=NS.c1ccc2c(c1)[nH]c1ccccc12. The van der Waals surface area contributed by atoms with Gasteiger partial charge in [-0.1, -0.05) is 91.6 Å². The minimum Gasteiger partial charge on any atom is -0.355 e. The van der Waals surface area contributed by atoms with E-state index in [2.05, 4.69) is 185 Å². The molecule has 1 aliphatic carbocycles. The number of halogens is 5. The molecule has 8 aromatic rings. The number of alkyl halides is 1. The first-order valence-electron chi connectivity index (χ1n) is 14.9. The van der Waals surface area contributed by atoms with Gasteiger partial charge in [-0.05, 0) is 66.7 Å². The molecular formula is C38H34BBr3F2N4S+. The average Bonchev–Trinajstić information content (AvgIpc) is 3.77. The summed E-state index contributed by atoms with van der Waals surface area (Å²) in [5.74, 6) is 0. The van der Waals surface area contributed by atoms with Crippen molar-refractivity contribution in [2.75, 3.05) is 7.15 Å². The summed E-state index contributed by atoms with van der Waals surface area (Å²) in [7, 11) is 3.34. The van der Waals surface area contributed by atoms with Crippen LogP contribution in [-0.4, -0.2) is 29.7 Å². The number of aromatic amines is 3. The molecule has 11 heteroatoms. The van der Waals surface area contributed by atoms with Gasteiger partial charge >= 0.3 is 24.8 Å². The number of allylic oxidation sites excluding steroid dienone is 2. The summed E-state index contributed by atoms with van der Waals surface area (Å²) in [6.07, 6.45) is 9.07. The second kappa shape index (κ2) is 18.8. The fourth-order valence-electron chi connectivity index (χ4n) is 5.40. The number of hydrogen-bond acceptors (Lipinski definition) is 2. The molecule has 3 heterocycles. The number of nitrogens with zero attached hydrogens (tertiary/aromatic N) is 1. The summed E-state index contributed by atoms with van der Waals surface area (Å²) in [6, 6.07) is 35.6. The smallest absolute Gasteiger partial charge is 0.0464 e. The Morgan fingerprint density at radius 3 is 1.55 bits per heavy atom. The van der Waals surface area contributed by atoms with Gasteiger partial charge in [-0.25, -0.2) is 0 Å². The summed E-state index contributed by atoms with van der Waals surface area (Å²) in [6.45, 7) is 0. The summed E-state index contributed by atoms with van der Waals surface area (Å²) in [4.78, 5) is 10.1. The molecule has 0 saturated carbocycles. The zero-order valence-electron chi connectivity index (χ0n) is 26.1. The molecule has 1 radical (unpaired) electrons. The third-order valence-electron chi connectivity index (χ3n) is 7.34. The van der Waals surface area contributed by atoms with Crippen molar-refractivity contribution in [2.24, 2.45) is 4.30 Å². The molecule has 0 unspecified atom stereocenters. The molecule has 49 heavy (non-hydrogen) atoms. The van der Waals surface area contributed by atoms with Crippen molar-refractivity contribution in [2.45, 2.75) is 7.43 Å². The predicted octanol–water partition coefficient (Wildman–Crippen LogP) is 13.7. The van der Waals surface area contributed by atoms with Gasteiger partial charge in [0.15, 0.2) is 5.69 Å². The fourth-order valence-corrected chi connectivity index (χ4v) is 6.49. The van der Waals surface area contributed by atoms with E-state index in [1.165, 1.54) is 60.1 Å². The molecule has 0 atom stereocenters. The fraction of sp³-hybridized carbons (Fsp3) is 0.0526. The maximum absolute atomic E-state index is 9.96. The summed E-state index contributed by atoms with van der Waals surface area (Å²) < 4.78 is 21.5. The molecule has 4 nitrogen and oxygen atoms in total. The van der Waals surface area contributed by atoms with E-state index < -0.39 is 7.15 Å². The summed E-state index contributed by atoms with van der Waals surface area (Å²) >= 11 is 13.7. The number of benzene rings is 5. The molecule has 249 valence electrons. The van der Waals surface area contributed by atoms with Gasteiger partial charge in [-0.2, -0.15) is 0 Å². The maximum atomic E-state index is 9.96. The van der Waals surface area contributed by atoms with Crippen LogP contribution in [0.1, 0.15) is 21.5 Å². The van der Waals surface area contributed by atoms with Gasteiger partial charge in [-0.3, -0.25) is 9.09 Å². The van der Waals surface area contributed by atoms with Crippen LogP contribution < -0.4 is 0 Å². The Kier molecular flexibility index (Phi) is 14.5. The number of aromatic nitrogens is 3. The second-order valence-corrected chi connectivity index (χ2v) is 13.1. The molecular weight excluding hydrogens is 833 g/mol. The number of fused-ring (bicyclic) bond motifs is 9. The predicted molar refractivity (Wildman–Crippen MR) is 225 cm³/mol. The van der Waals surface area contributed by atoms with Crippen molar-refractivity contribution in [3.05, 3.63) is 140 Å². The van der Waals surface area contributed by atoms with Crippen LogP contribution >= 0.6 is 60.6 Å². The molecule has 3 aromatic heterocycles. The molecule has 5 aromatic carbocycles. The Morgan fingerprint density at radius 1 is 0.694 bits per heavy atom. The van der Waals surface area contributed by atoms with E-state index in [0.29, 0.717) is 0 Å². The molecule has 0 saturated heterocycles. The Morgan fingerprint density at radius 2 is 1.08 bits per heavy atom. The minimum atomic E-state index is -1.00. The van der Waals surface area contributed by atoms with E-state index in [1.54, 1.807) is 0 Å². The molecule has 1 aliphatic rings. The van der Waals surface area contributed by atoms with Gasteiger partial charge in [-0.15, -0.1) is 0 Å². The molecule has 9 rings (SSSR count). The molecule has 0 bridgehead atoms. The monoisotopic (exact) mass is 866 g/mol. The van der Waals surface area contributed by atoms with Crippen molar-refractivity contribution in [3.63, 3.8) is 0 Å². The molecule has 0 fully saturated rings. The van der Waals surface area contributed by atoms with E-state index >= 15 is 0 Å². The minimum absolute atomic E-state index is 0. The van der Waals surface area contributed by atoms with Crippen LogP contribution in [0.3, 0.4) is 0 Å². The van der Waals surface area contributed by atoms with Crippen molar-refractivity contribution in [3.8, 4) is 0 Å². The largest absolute Gasteiger partial charge is 0.355 e. The van der Waals surface area contributed by atoms with Crippen molar-refractivity contribution < 1.29 is 11.9 Å². The van der Waals surface area contributed by atoms with E-state index in [9.17, 15) is 4.39 Å². The van der Waals surface area contributed by atoms with Gasteiger partial charge in [0, 0.05) is 69.9 Å². The molecule has 0 aliphatic heterocycles. The number of H-pyrrole nitrogens is 3. The number of hydrogen-bond donors (Lipinski definition) is 4. The van der Waals surface area contributed by atoms with Gasteiger partial charge in [0.25, 0.3) is 0 Å². The van der Waals surface area contributed by atoms with Gasteiger partial charge in [0.2, 0.25) is 0 Å². The van der Waals surface area contributed by atoms with Crippen molar-refractivity contribution in [1.82, 2.24) is 15.0 Å². The van der Waals surface area contributed by atoms with Crippen LogP contribution in [0, 0.1) is 6.08 Å². The standard InChI is InChI=1S/C12H7Br2N.C12H7BrN.C12H9N.CH3F.CH4.BHNS.FH.H2/c13-7-1-3-11-9(5-7)10-6-8(14)2-4-12(10)15-11;13-8-5-6-12-10(7-8)9-3-1-2-4-11(9)14-12;1-3-7-11-9(5-1)10-6-2-4-8-12(10)13-11;1-2;;1-2-3;;/h1-6,15H;1,3-7,14H;1-8,13H;1H3;1H4;3H;2*1H/q;+1;;;;;;/i;;;1D;;;;1+1. The van der Waals surface area contributed by atoms with E-state index in [4.69, 9.17) is 1.37 Å². The normalized spacial score (nSPS) is 10.7. The van der Waals surface area contributed by atoms with Crippen molar-refractivity contribution >= 4 is 135 Å². The first kappa shape index (κ1) is 38.0. The summed E-state index contributed by atoms with van der Waals surface area (Å²) in [5.41, 5.74) is 8.33. The topological polar surface area (TPSA) is 59.7 Å². The van der Waals surface area contributed by atoms with Gasteiger partial charge in [0.1, 0.15) is 17.7 Å². The van der Waals surface area contributed by atoms with Crippen LogP contribution in [0.25, 0.3) is 66.7 Å². The third kappa shape index (κ3) is 9.23. The number of para-hydroxylation sites is 2. The first-order chi connectivity index (χ1) is 23.4. The number of nitrogens with one attached hydrogen (secondary N) is 3. The third-order valence-corrected chi connectivity index (χ3v) is 8.82. The van der Waals surface area contributed by atoms with Gasteiger partial charge in [0.05, 0.1) is 20.1 Å². The van der Waals surface area contributed by atoms with Crippen LogP contribution in [-0.2, 0) is 0 Å². The van der Waals surface area contributed by atoms with E-state index in [-0.39, 0.29) is 13.6 Å². The van der Waals surface area contributed by atoms with E-state index in [1.807, 2.05) is 30.4 Å². The first-order valence-corrected chi connectivity index (χ1v) is 16.9. The maximum Gasteiger partial charge on any atom is 0.0464 e. The van der Waals surface area contributed by atoms with Crippen LogP contribution in [0.4, 0.5) is 9.09 Å². The molecule has 0 amide bonds. The van der Waals surface area contributed by atoms with Crippen LogP contribution in [0.2, 0.25) is 0 Å². The van der Waals surface area contributed by atoms with Crippen molar-refractivity contribution in [1.29, 1.82) is 0 Å². The number of thiol groups is 1. The molecule has 0 spiro atoms. The summed E-state index contributed by atoms with van der Waals surface area (Å²) in [5, 5.41) is 6.36.